The van der Waals surface area contributed by atoms with Crippen molar-refractivity contribution in [3.05, 3.63) is 45.1 Å². The second-order valence-electron chi connectivity index (χ2n) is 6.21. The Balaban J connectivity index is 1.63. The quantitative estimate of drug-likeness (QED) is 0.809. The van der Waals surface area contributed by atoms with Crippen LogP contribution in [0.25, 0.3) is 0 Å². The normalized spacial score (nSPS) is 17.1. The number of hydrogen-bond donors (Lipinski definition) is 1. The van der Waals surface area contributed by atoms with Gasteiger partial charge in [-0.1, -0.05) is 18.5 Å². The molecule has 1 atom stereocenters. The molecule has 0 fully saturated rings. The van der Waals surface area contributed by atoms with E-state index in [1.54, 1.807) is 13.2 Å². The SMILES string of the molecule is CCC1CN(CCNC(=O)c2sccc2Cl)Cc2cc(OC)ccc2O1. The number of ether oxygens (including phenoxy) is 2. The molecule has 5 nitrogen and oxygen atoms in total. The Morgan fingerprint density at radius 2 is 2.31 bits per heavy atom. The number of nitrogens with one attached hydrogen (secondary N) is 1. The molecule has 26 heavy (non-hydrogen) atoms. The Labute approximate surface area is 162 Å². The van der Waals surface area contributed by atoms with E-state index in [4.69, 9.17) is 21.1 Å². The zero-order valence-corrected chi connectivity index (χ0v) is 16.5. The summed E-state index contributed by atoms with van der Waals surface area (Å²) in [5, 5.41) is 5.27. The number of hydrogen-bond acceptors (Lipinski definition) is 5. The molecule has 1 amide bonds. The third kappa shape index (κ3) is 4.50. The summed E-state index contributed by atoms with van der Waals surface area (Å²) < 4.78 is 11.5. The lowest BCUT2D eigenvalue weighted by Crippen LogP contribution is -2.38. The van der Waals surface area contributed by atoms with Crippen molar-refractivity contribution in [3.63, 3.8) is 0 Å². The fourth-order valence-corrected chi connectivity index (χ4v) is 4.04. The standard InChI is InChI=1S/C19H23ClN2O3S/c1-3-14-12-22(8-7-21-19(23)18-16(20)6-9-26-18)11-13-10-15(24-2)4-5-17(13)25-14/h4-6,9-10,14H,3,7-8,11-12H2,1-2H3,(H,21,23). The molecular weight excluding hydrogens is 372 g/mol. The maximum Gasteiger partial charge on any atom is 0.262 e. The van der Waals surface area contributed by atoms with Crippen molar-refractivity contribution in [1.29, 1.82) is 0 Å². The Morgan fingerprint density at radius 3 is 3.00 bits per heavy atom. The van der Waals surface area contributed by atoms with Gasteiger partial charge in [0.15, 0.2) is 0 Å². The second kappa shape index (κ2) is 8.75. The summed E-state index contributed by atoms with van der Waals surface area (Å²) in [4.78, 5) is 15.1. The van der Waals surface area contributed by atoms with Crippen LogP contribution in [0.5, 0.6) is 11.5 Å². The summed E-state index contributed by atoms with van der Waals surface area (Å²) in [5.74, 6) is 1.61. The molecule has 140 valence electrons. The number of carbonyl (C=O) groups is 1. The zero-order chi connectivity index (χ0) is 18.5. The van der Waals surface area contributed by atoms with Crippen molar-refractivity contribution in [1.82, 2.24) is 10.2 Å². The van der Waals surface area contributed by atoms with Crippen LogP contribution in [-0.2, 0) is 6.54 Å². The summed E-state index contributed by atoms with van der Waals surface area (Å²) in [6.07, 6.45) is 1.06. The lowest BCUT2D eigenvalue weighted by Gasteiger charge is -2.23. The molecule has 2 heterocycles. The molecule has 0 saturated carbocycles. The van der Waals surface area contributed by atoms with Crippen LogP contribution in [0, 0.1) is 0 Å². The fourth-order valence-electron chi connectivity index (χ4n) is 2.98. The van der Waals surface area contributed by atoms with Gasteiger partial charge in [-0.2, -0.15) is 0 Å². The molecule has 7 heteroatoms. The number of amides is 1. The minimum Gasteiger partial charge on any atom is -0.497 e. The Hall–Kier alpha value is -1.76. The second-order valence-corrected chi connectivity index (χ2v) is 7.53. The van der Waals surface area contributed by atoms with Gasteiger partial charge in [0, 0.05) is 31.7 Å². The van der Waals surface area contributed by atoms with E-state index in [0.717, 1.165) is 43.1 Å². The van der Waals surface area contributed by atoms with E-state index in [1.165, 1.54) is 11.3 Å². The highest BCUT2D eigenvalue weighted by Crippen LogP contribution is 2.29. The smallest absolute Gasteiger partial charge is 0.262 e. The summed E-state index contributed by atoms with van der Waals surface area (Å²) in [7, 11) is 1.66. The van der Waals surface area contributed by atoms with Gasteiger partial charge in [0.2, 0.25) is 0 Å². The number of benzene rings is 1. The van der Waals surface area contributed by atoms with Gasteiger partial charge in [-0.05, 0) is 36.1 Å². The fraction of sp³-hybridized carbons (Fsp3) is 0.421. The van der Waals surface area contributed by atoms with Gasteiger partial charge in [-0.25, -0.2) is 0 Å². The van der Waals surface area contributed by atoms with E-state index >= 15 is 0 Å². The molecule has 0 spiro atoms. The van der Waals surface area contributed by atoms with Gasteiger partial charge in [-0.15, -0.1) is 11.3 Å². The van der Waals surface area contributed by atoms with Gasteiger partial charge in [0.1, 0.15) is 22.5 Å². The number of rotatable bonds is 6. The first-order valence-corrected chi connectivity index (χ1v) is 9.93. The molecule has 0 saturated heterocycles. The van der Waals surface area contributed by atoms with Crippen molar-refractivity contribution < 1.29 is 14.3 Å². The molecular formula is C19H23ClN2O3S. The Morgan fingerprint density at radius 1 is 1.46 bits per heavy atom. The van der Waals surface area contributed by atoms with Gasteiger partial charge < -0.3 is 14.8 Å². The van der Waals surface area contributed by atoms with Crippen molar-refractivity contribution >= 4 is 28.8 Å². The summed E-state index contributed by atoms with van der Waals surface area (Å²) in [6, 6.07) is 7.65. The van der Waals surface area contributed by atoms with Crippen molar-refractivity contribution in [2.24, 2.45) is 0 Å². The predicted octanol–water partition coefficient (Wildman–Crippen LogP) is 3.81. The minimum atomic E-state index is -0.120. The number of carbonyl (C=O) groups excluding carboxylic acids is 1. The van der Waals surface area contributed by atoms with Gasteiger partial charge >= 0.3 is 0 Å². The highest BCUT2D eigenvalue weighted by Gasteiger charge is 2.22. The molecule has 1 aromatic carbocycles. The summed E-state index contributed by atoms with van der Waals surface area (Å²) in [5.41, 5.74) is 1.10. The average molecular weight is 395 g/mol. The van der Waals surface area contributed by atoms with Crippen LogP contribution in [0.1, 0.15) is 28.6 Å². The molecule has 3 rings (SSSR count). The van der Waals surface area contributed by atoms with Crippen LogP contribution in [-0.4, -0.2) is 43.7 Å². The van der Waals surface area contributed by atoms with Gasteiger partial charge in [0.25, 0.3) is 5.91 Å². The number of halogens is 1. The van der Waals surface area contributed by atoms with Crippen LogP contribution in [0.3, 0.4) is 0 Å². The molecule has 1 aromatic heterocycles. The van der Waals surface area contributed by atoms with Gasteiger partial charge in [0.05, 0.1) is 12.1 Å². The van der Waals surface area contributed by atoms with Crippen LogP contribution < -0.4 is 14.8 Å². The zero-order valence-electron chi connectivity index (χ0n) is 15.0. The largest absolute Gasteiger partial charge is 0.497 e. The van der Waals surface area contributed by atoms with E-state index in [-0.39, 0.29) is 12.0 Å². The van der Waals surface area contributed by atoms with Crippen molar-refractivity contribution in [2.45, 2.75) is 26.0 Å². The molecule has 2 aromatic rings. The van der Waals surface area contributed by atoms with Crippen molar-refractivity contribution in [3.8, 4) is 11.5 Å². The van der Waals surface area contributed by atoms with Crippen LogP contribution >= 0.6 is 22.9 Å². The lowest BCUT2D eigenvalue weighted by atomic mass is 10.2. The minimum absolute atomic E-state index is 0.120. The molecule has 0 radical (unpaired) electrons. The maximum atomic E-state index is 12.2. The Bertz CT molecular complexity index is 765. The third-order valence-corrected chi connectivity index (χ3v) is 5.75. The number of fused-ring (bicyclic) bond motifs is 1. The highest BCUT2D eigenvalue weighted by molar-refractivity contribution is 7.12. The topological polar surface area (TPSA) is 50.8 Å². The van der Waals surface area contributed by atoms with Crippen LogP contribution in [0.15, 0.2) is 29.6 Å². The maximum absolute atomic E-state index is 12.2. The lowest BCUT2D eigenvalue weighted by molar-refractivity contribution is 0.0947. The highest BCUT2D eigenvalue weighted by atomic mass is 35.5. The molecule has 1 aliphatic rings. The predicted molar refractivity (Wildman–Crippen MR) is 105 cm³/mol. The number of thiophene rings is 1. The van der Waals surface area contributed by atoms with Crippen LogP contribution in [0.4, 0.5) is 0 Å². The molecule has 0 bridgehead atoms. The first kappa shape index (κ1) is 19.0. The number of methoxy groups -OCH3 is 1. The van der Waals surface area contributed by atoms with Crippen molar-refractivity contribution in [2.75, 3.05) is 26.7 Å². The number of nitrogens with zero attached hydrogens (tertiary/aromatic N) is 1. The monoisotopic (exact) mass is 394 g/mol. The first-order valence-electron chi connectivity index (χ1n) is 8.67. The van der Waals surface area contributed by atoms with E-state index in [0.29, 0.717) is 16.4 Å². The Kier molecular flexibility index (Phi) is 6.40. The van der Waals surface area contributed by atoms with Crippen LogP contribution in [0.2, 0.25) is 5.02 Å². The summed E-state index contributed by atoms with van der Waals surface area (Å²) in [6.45, 7) is 5.01. The third-order valence-electron chi connectivity index (χ3n) is 4.41. The van der Waals surface area contributed by atoms with E-state index in [1.807, 2.05) is 23.6 Å². The first-order chi connectivity index (χ1) is 12.6. The molecule has 0 aliphatic carbocycles. The molecule has 1 N–H and O–H groups in total. The molecule has 1 unspecified atom stereocenters. The van der Waals surface area contributed by atoms with E-state index < -0.39 is 0 Å². The average Bonchev–Trinajstić information content (AvgIpc) is 2.99. The summed E-state index contributed by atoms with van der Waals surface area (Å²) >= 11 is 7.37. The van der Waals surface area contributed by atoms with E-state index in [2.05, 4.69) is 17.1 Å². The van der Waals surface area contributed by atoms with Gasteiger partial charge in [-0.3, -0.25) is 9.69 Å². The molecule has 1 aliphatic heterocycles. The van der Waals surface area contributed by atoms with E-state index in [9.17, 15) is 4.79 Å².